The van der Waals surface area contributed by atoms with Crippen molar-refractivity contribution >= 4 is 114 Å². The second kappa shape index (κ2) is 54.1. The molecule has 0 fully saturated rings. The summed E-state index contributed by atoms with van der Waals surface area (Å²) >= 11 is 25.2. The van der Waals surface area contributed by atoms with E-state index in [9.17, 15) is 82.1 Å². The van der Waals surface area contributed by atoms with Crippen LogP contribution in [0.25, 0.3) is 0 Å². The Hall–Kier alpha value is -13.7. The van der Waals surface area contributed by atoms with Crippen LogP contribution in [0.2, 0.25) is 15.1 Å². The number of aromatic hydroxyl groups is 2. The van der Waals surface area contributed by atoms with E-state index in [0.717, 1.165) is 45.8 Å². The Morgan fingerprint density at radius 3 is 0.803 bits per heavy atom. The first-order valence-corrected chi connectivity index (χ1v) is 47.7. The second-order valence-corrected chi connectivity index (χ2v) is 37.3. The first kappa shape index (κ1) is 117. The first-order valence-electron chi connectivity index (χ1n) is 44.3. The zero-order chi connectivity index (χ0) is 108. The molecule has 0 radical (unpaired) electrons. The molecule has 0 aliphatic heterocycles. The number of nitrogens with one attached hydrogen (secondary N) is 4. The predicted molar refractivity (Wildman–Crippen MR) is 526 cm³/mol. The number of hydrogen-bond donors (Lipinski definition) is 7. The van der Waals surface area contributed by atoms with Crippen molar-refractivity contribution in [2.75, 3.05) is 71.6 Å². The van der Waals surface area contributed by atoms with Crippen LogP contribution in [0.15, 0.2) is 176 Å². The van der Waals surface area contributed by atoms with E-state index >= 15 is 0 Å². The molecule has 786 valence electrons. The molecule has 4 heterocycles. The molecule has 0 atom stereocenters. The molecule has 0 amide bonds. The summed E-state index contributed by atoms with van der Waals surface area (Å²) in [5, 5.41) is 42.3. The van der Waals surface area contributed by atoms with Crippen LogP contribution < -0.4 is 49.7 Å². The number of halogens is 17. The number of aromatic nitrogens is 12. The molecule has 0 aliphatic rings. The first-order chi connectivity index (χ1) is 69.1. The monoisotopic (exact) mass is 2250 g/mol. The van der Waals surface area contributed by atoms with Crippen molar-refractivity contribution in [1.29, 1.82) is 0 Å². The number of esters is 3. The number of carboxylic acids is 1. The Kier molecular flexibility index (Phi) is 43.0. The number of ether oxygens (including phenoxy) is 9. The minimum Gasteiger partial charge on any atom is -0.508 e. The molecule has 0 saturated carbocycles. The van der Waals surface area contributed by atoms with E-state index in [1.54, 1.807) is 202 Å². The van der Waals surface area contributed by atoms with Crippen LogP contribution in [0.5, 0.6) is 47.0 Å². The maximum Gasteiger partial charge on any atom is 0.422 e. The van der Waals surface area contributed by atoms with Crippen molar-refractivity contribution in [1.82, 2.24) is 59.8 Å². The summed E-state index contributed by atoms with van der Waals surface area (Å²) in [6.45, 7) is 11.6. The quantitative estimate of drug-likeness (QED) is 0.00616. The molecule has 49 heteroatoms. The fraction of sp³-hybridized carbons (Fsp3) is 0.347. The number of alkyl halides is 14. The third-order valence-electron chi connectivity index (χ3n) is 18.3. The lowest BCUT2D eigenvalue weighted by molar-refractivity contribution is -0.155. The summed E-state index contributed by atoms with van der Waals surface area (Å²) in [6, 6.07) is 45.1. The summed E-state index contributed by atoms with van der Waals surface area (Å²) in [5.41, 5.74) is 5.08. The van der Waals surface area contributed by atoms with Gasteiger partial charge in [-0.1, -0.05) is 146 Å². The zero-order valence-corrected chi connectivity index (χ0v) is 85.4. The van der Waals surface area contributed by atoms with Gasteiger partial charge in [0.1, 0.15) is 63.1 Å². The molecule has 32 nitrogen and oxygen atoms in total. The lowest BCUT2D eigenvalue weighted by atomic mass is 10.1. The highest BCUT2D eigenvalue weighted by atomic mass is 79.9. The Bertz CT molecular complexity index is 6350. The van der Waals surface area contributed by atoms with Gasteiger partial charge in [-0.3, -0.25) is 0 Å². The minimum absolute atomic E-state index is 0.00750. The molecule has 7 N–H and O–H groups in total. The van der Waals surface area contributed by atoms with Gasteiger partial charge in [0, 0.05) is 62.5 Å². The van der Waals surface area contributed by atoms with E-state index in [0.29, 0.717) is 73.7 Å². The smallest absolute Gasteiger partial charge is 0.422 e. The molecule has 0 aliphatic carbocycles. The van der Waals surface area contributed by atoms with Crippen molar-refractivity contribution in [3.8, 4) is 47.0 Å². The molecule has 4 aromatic heterocycles. The normalized spacial score (nSPS) is 11.6. The van der Waals surface area contributed by atoms with Crippen molar-refractivity contribution in [2.24, 2.45) is 0 Å². The van der Waals surface area contributed by atoms with Gasteiger partial charge in [-0.05, 0) is 217 Å². The summed E-state index contributed by atoms with van der Waals surface area (Å²) in [5.74, 6) is -0.655. The van der Waals surface area contributed by atoms with E-state index in [2.05, 4.69) is 113 Å². The number of hydrogen-bond acceptors (Lipinski definition) is 31. The number of benzene rings is 8. The van der Waals surface area contributed by atoms with E-state index in [-0.39, 0.29) is 121 Å². The SMILES string of the molecule is CC(C)(C)OC(=O)c1ccc(Cc2nc(NCc3ccc(O)c(Cl)c3)nc(OCC(F)(F)F)n2)cc1.CC(C)(C)OC(=O)c1ccc(Cc2nc(NCc3ccc(O)cc3)nc(OCC(F)(F)F)n2)cc1.CC(C)(C)OC(=O)c1ccc(Cc2nc(NCc3ccc(OCCCBr)c(Cl)c3)nc(OCC(F)(F)F)n2)cc1.O=C(O)c1ccc(Cc2nc(NCc3ccc(OCCCBr)c(Cl)c3)nc(OCC(F)(F)F)n2)cc1. The number of aromatic carboxylic acids is 1. The second-order valence-electron chi connectivity index (χ2n) is 34.5. The number of carbonyl (C=O) groups is 4. The Morgan fingerprint density at radius 1 is 0.313 bits per heavy atom. The van der Waals surface area contributed by atoms with Gasteiger partial charge in [-0.25, -0.2) is 19.2 Å². The number of phenolic OH excluding ortho intramolecular Hbond substituents is 2. The molecule has 0 bridgehead atoms. The Labute approximate surface area is 866 Å². The highest BCUT2D eigenvalue weighted by Crippen LogP contribution is 2.32. The van der Waals surface area contributed by atoms with Gasteiger partial charge in [0.15, 0.2) is 26.4 Å². The standard InChI is InChI=1S/C27H29BrClF3N4O4.C24H24ClF3N4O4.C24H25F3N4O4.C23H21BrClF3N4O4/c1-26(2,3)40-23(37)19-8-5-17(6-9-19)14-22-34-24(36-25(35-22)39-16-27(30,31)32)33-15-18-7-10-21(20(29)13-18)38-12-4-11-28;1-23(2,3)36-20(34)16-7-4-14(5-8-16)11-19-30-21(32-22(31-19)35-13-24(26,27)28)29-12-15-6-9-18(33)17(25)10-15;1-23(2,3)35-20(33)17-8-4-15(5-9-17)12-19-29-21(28-13-16-6-10-18(32)11-7-16)31-22(30-19)34-14-24(25,26)27;24-8-1-9-35-18-7-4-15(10-17(18)25)12-29-21-30-19(31-22(32-21)36-13-23(26,27)28)11-14-2-5-16(6-3-14)20(33)34/h5-10,13H,4,11-12,14-16H2,1-3H3,(H,33,34,35,36);4-10,33H,11-13H2,1-3H3,(H,29,30,31,32);4-11,32H,12-14H2,1-3H3,(H,28,29,30,31);2-7,10H,1,8-9,11-13H2,(H,33,34)(H,29,30,31,32). The maximum atomic E-state index is 12.8. The molecule has 12 rings (SSSR count). The number of rotatable bonds is 40. The van der Waals surface area contributed by atoms with Crippen LogP contribution in [-0.4, -0.2) is 191 Å². The highest BCUT2D eigenvalue weighted by Gasteiger charge is 2.34. The maximum absolute atomic E-state index is 12.8. The fourth-order valence-corrected chi connectivity index (χ4v) is 13.0. The number of phenols is 2. The lowest BCUT2D eigenvalue weighted by Crippen LogP contribution is -2.23. The van der Waals surface area contributed by atoms with Crippen LogP contribution in [0, 0.1) is 0 Å². The minimum atomic E-state index is -4.57. The molecular weight excluding hydrogens is 2150 g/mol. The van der Waals surface area contributed by atoms with Crippen molar-refractivity contribution < 1.29 is 130 Å². The van der Waals surface area contributed by atoms with Gasteiger partial charge in [0.2, 0.25) is 23.8 Å². The van der Waals surface area contributed by atoms with Crippen molar-refractivity contribution in [3.05, 3.63) is 281 Å². The summed E-state index contributed by atoms with van der Waals surface area (Å²) in [6.07, 6.45) is -16.0. The molecule has 12 aromatic rings. The molecular formula is C98H99Br2Cl3F12N16O16. The Morgan fingerprint density at radius 2 is 0.558 bits per heavy atom. The van der Waals surface area contributed by atoms with E-state index in [4.69, 9.17) is 82.5 Å². The van der Waals surface area contributed by atoms with Crippen LogP contribution in [0.1, 0.15) is 184 Å². The number of nitrogens with zero attached hydrogens (tertiary/aromatic N) is 12. The summed E-state index contributed by atoms with van der Waals surface area (Å²) in [4.78, 5) is 96.6. The molecule has 0 saturated heterocycles. The third-order valence-corrected chi connectivity index (χ3v) is 20.3. The fourth-order valence-electron chi connectivity index (χ4n) is 11.9. The van der Waals surface area contributed by atoms with Crippen LogP contribution in [0.3, 0.4) is 0 Å². The van der Waals surface area contributed by atoms with Gasteiger partial charge < -0.3 is 79.2 Å². The van der Waals surface area contributed by atoms with Gasteiger partial charge in [0.25, 0.3) is 0 Å². The predicted octanol–water partition coefficient (Wildman–Crippen LogP) is 22.3. The van der Waals surface area contributed by atoms with Crippen molar-refractivity contribution in [3.63, 3.8) is 0 Å². The highest BCUT2D eigenvalue weighted by molar-refractivity contribution is 9.09. The van der Waals surface area contributed by atoms with E-state index < -0.39 is 116 Å². The molecule has 147 heavy (non-hydrogen) atoms. The average Bonchev–Trinajstić information content (AvgIpc) is 0.842. The topological polar surface area (TPSA) is 415 Å². The summed E-state index contributed by atoms with van der Waals surface area (Å²) < 4.78 is 198. The molecule has 0 unspecified atom stereocenters. The lowest BCUT2D eigenvalue weighted by Gasteiger charge is -2.19. The van der Waals surface area contributed by atoms with Crippen LogP contribution >= 0.6 is 66.7 Å². The van der Waals surface area contributed by atoms with Crippen LogP contribution in [0.4, 0.5) is 76.5 Å². The van der Waals surface area contributed by atoms with Crippen molar-refractivity contribution in [2.45, 2.75) is 169 Å². The van der Waals surface area contributed by atoms with Gasteiger partial charge in [0.05, 0.1) is 50.5 Å². The summed E-state index contributed by atoms with van der Waals surface area (Å²) in [7, 11) is 0. The number of carbonyl (C=O) groups excluding carboxylic acids is 3. The molecule has 8 aromatic carbocycles. The van der Waals surface area contributed by atoms with Gasteiger partial charge in [-0.2, -0.15) is 112 Å². The third kappa shape index (κ3) is 44.6. The van der Waals surface area contributed by atoms with E-state index in [1.165, 1.54) is 36.4 Å². The molecule has 0 spiro atoms. The zero-order valence-electron chi connectivity index (χ0n) is 79.9. The Balaban J connectivity index is 0.000000218. The largest absolute Gasteiger partial charge is 0.508 e. The van der Waals surface area contributed by atoms with E-state index in [1.807, 2.05) is 0 Å². The average molecular weight is 2250 g/mol. The van der Waals surface area contributed by atoms with Gasteiger partial charge in [-0.15, -0.1) is 0 Å². The van der Waals surface area contributed by atoms with Gasteiger partial charge >= 0.3 is 72.6 Å². The number of anilines is 4. The van der Waals surface area contributed by atoms with Crippen LogP contribution in [-0.2, 0) is 66.1 Å². The number of carboxylic acid groups (broad SMARTS) is 1.